The van der Waals surface area contributed by atoms with E-state index in [9.17, 15) is 4.79 Å². The summed E-state index contributed by atoms with van der Waals surface area (Å²) in [5.41, 5.74) is 1.05. The summed E-state index contributed by atoms with van der Waals surface area (Å²) in [7, 11) is 1.83. The quantitative estimate of drug-likeness (QED) is 0.655. The van der Waals surface area contributed by atoms with Crippen molar-refractivity contribution in [2.75, 3.05) is 36.9 Å². The van der Waals surface area contributed by atoms with Crippen LogP contribution in [0.4, 0.5) is 10.9 Å². The topological polar surface area (TPSA) is 83.5 Å². The van der Waals surface area contributed by atoms with Crippen molar-refractivity contribution in [3.8, 4) is 5.88 Å². The Hall–Kier alpha value is -2.94. The largest absolute Gasteiger partial charge is 0.472 e. The maximum atomic E-state index is 12.1. The molecule has 8 nitrogen and oxygen atoms in total. The molecule has 0 radical (unpaired) electrons. The molecule has 1 N–H and O–H groups in total. The third-order valence-corrected chi connectivity index (χ3v) is 6.94. The van der Waals surface area contributed by atoms with Gasteiger partial charge in [-0.1, -0.05) is 23.5 Å². The molecule has 3 heterocycles. The predicted octanol–water partition coefficient (Wildman–Crippen LogP) is 3.17. The minimum atomic E-state index is 0.0873. The van der Waals surface area contributed by atoms with Gasteiger partial charge in [0.05, 0.1) is 16.8 Å². The minimum absolute atomic E-state index is 0.0873. The highest BCUT2D eigenvalue weighted by atomic mass is 32.1. The molecule has 0 bridgehead atoms. The molecule has 2 fully saturated rings. The number of amides is 1. The van der Waals surface area contributed by atoms with Crippen LogP contribution in [0.3, 0.4) is 0 Å². The standard InChI is InChI=1S/C22H26N6O2S/c1-27-12-13-28(14-19(27)29)20-21(24-11-10-23-20)30-16-8-6-15(7-9-16)25-22-26-17-4-2-3-5-18(17)31-22/h2-5,10-11,15-16H,6-9,12-14H2,1H3,(H,25,26)/t15-,16-. The number of para-hydroxylation sites is 1. The average molecular weight is 439 g/mol. The van der Waals surface area contributed by atoms with Crippen molar-refractivity contribution < 1.29 is 9.53 Å². The van der Waals surface area contributed by atoms with Gasteiger partial charge in [0.2, 0.25) is 5.91 Å². The van der Waals surface area contributed by atoms with Gasteiger partial charge in [-0.2, -0.15) is 0 Å². The lowest BCUT2D eigenvalue weighted by Crippen LogP contribution is -2.49. The maximum Gasteiger partial charge on any atom is 0.257 e. The van der Waals surface area contributed by atoms with E-state index in [1.165, 1.54) is 4.70 Å². The van der Waals surface area contributed by atoms with Gasteiger partial charge in [0, 0.05) is 38.6 Å². The SMILES string of the molecule is CN1CCN(c2nccnc2O[C@H]2CC[C@H](Nc3nc4ccccc4s3)CC2)CC1=O. The highest BCUT2D eigenvalue weighted by Crippen LogP contribution is 2.31. The molecule has 3 aromatic rings. The van der Waals surface area contributed by atoms with Crippen LogP contribution < -0.4 is 15.0 Å². The second kappa shape index (κ2) is 8.66. The van der Waals surface area contributed by atoms with Gasteiger partial charge in [-0.25, -0.2) is 15.0 Å². The Bertz CT molecular complexity index is 1030. The fourth-order valence-corrected chi connectivity index (χ4v) is 5.09. The van der Waals surface area contributed by atoms with Crippen molar-refractivity contribution in [3.05, 3.63) is 36.7 Å². The molecular formula is C22H26N6O2S. The molecule has 0 atom stereocenters. The number of nitrogens with one attached hydrogen (secondary N) is 1. The molecule has 0 spiro atoms. The van der Waals surface area contributed by atoms with E-state index in [4.69, 9.17) is 4.74 Å². The fourth-order valence-electron chi connectivity index (χ4n) is 4.15. The number of hydrogen-bond donors (Lipinski definition) is 1. The van der Waals surface area contributed by atoms with Gasteiger partial charge in [-0.15, -0.1) is 0 Å². The number of hydrogen-bond acceptors (Lipinski definition) is 8. The van der Waals surface area contributed by atoms with Crippen molar-refractivity contribution >= 4 is 38.4 Å². The van der Waals surface area contributed by atoms with E-state index in [2.05, 4.69) is 26.3 Å². The Morgan fingerprint density at radius 1 is 1.10 bits per heavy atom. The number of likely N-dealkylation sites (N-methyl/N-ethyl adjacent to an activating group) is 1. The Balaban J connectivity index is 1.19. The zero-order valence-electron chi connectivity index (χ0n) is 17.5. The van der Waals surface area contributed by atoms with Crippen molar-refractivity contribution in [3.63, 3.8) is 0 Å². The number of fused-ring (bicyclic) bond motifs is 1. The molecular weight excluding hydrogens is 412 g/mol. The van der Waals surface area contributed by atoms with Crippen LogP contribution in [0.15, 0.2) is 36.7 Å². The third kappa shape index (κ3) is 4.41. The summed E-state index contributed by atoms with van der Waals surface area (Å²) in [5.74, 6) is 1.28. The number of anilines is 2. The van der Waals surface area contributed by atoms with Crippen molar-refractivity contribution in [2.45, 2.75) is 37.8 Å². The zero-order chi connectivity index (χ0) is 21.2. The molecule has 2 aliphatic rings. The lowest BCUT2D eigenvalue weighted by atomic mass is 9.93. The number of piperazine rings is 1. The number of rotatable bonds is 5. The van der Waals surface area contributed by atoms with Gasteiger partial charge in [-0.3, -0.25) is 4.79 Å². The summed E-state index contributed by atoms with van der Waals surface area (Å²) in [4.78, 5) is 29.4. The Morgan fingerprint density at radius 2 is 1.90 bits per heavy atom. The minimum Gasteiger partial charge on any atom is -0.472 e. The Morgan fingerprint density at radius 3 is 2.71 bits per heavy atom. The number of nitrogens with zero attached hydrogens (tertiary/aromatic N) is 5. The van der Waals surface area contributed by atoms with Crippen LogP contribution in [0, 0.1) is 0 Å². The van der Waals surface area contributed by atoms with Gasteiger partial charge in [0.15, 0.2) is 10.9 Å². The molecule has 1 saturated heterocycles. The van der Waals surface area contributed by atoms with Crippen molar-refractivity contribution in [1.82, 2.24) is 19.9 Å². The Labute approximate surface area is 185 Å². The first kappa shape index (κ1) is 20.0. The average Bonchev–Trinajstić information content (AvgIpc) is 3.20. The van der Waals surface area contributed by atoms with E-state index in [-0.39, 0.29) is 12.0 Å². The van der Waals surface area contributed by atoms with Gasteiger partial charge >= 0.3 is 0 Å². The smallest absolute Gasteiger partial charge is 0.257 e. The molecule has 5 rings (SSSR count). The summed E-state index contributed by atoms with van der Waals surface area (Å²) in [6.45, 7) is 1.72. The normalized spacial score (nSPS) is 22.0. The van der Waals surface area contributed by atoms with Gasteiger partial charge in [0.1, 0.15) is 6.10 Å². The van der Waals surface area contributed by atoms with E-state index >= 15 is 0 Å². The fraction of sp³-hybridized carbons (Fsp3) is 0.455. The highest BCUT2D eigenvalue weighted by molar-refractivity contribution is 7.22. The number of aromatic nitrogens is 3. The monoisotopic (exact) mass is 438 g/mol. The first-order valence-corrected chi connectivity index (χ1v) is 11.6. The highest BCUT2D eigenvalue weighted by Gasteiger charge is 2.28. The molecule has 1 amide bonds. The zero-order valence-corrected chi connectivity index (χ0v) is 18.3. The summed E-state index contributed by atoms with van der Waals surface area (Å²) >= 11 is 1.70. The van der Waals surface area contributed by atoms with Crippen LogP contribution in [-0.2, 0) is 4.79 Å². The van der Waals surface area contributed by atoms with Gasteiger partial charge < -0.3 is 19.9 Å². The number of carbonyl (C=O) groups excluding carboxylic acids is 1. The van der Waals surface area contributed by atoms with Crippen LogP contribution >= 0.6 is 11.3 Å². The number of ether oxygens (including phenoxy) is 1. The van der Waals surface area contributed by atoms with Crippen molar-refractivity contribution in [1.29, 1.82) is 0 Å². The summed E-state index contributed by atoms with van der Waals surface area (Å²) in [6.07, 6.45) is 7.33. The van der Waals surface area contributed by atoms with Crippen LogP contribution in [-0.4, -0.2) is 64.6 Å². The molecule has 1 aromatic carbocycles. The molecule has 1 saturated carbocycles. The van der Waals surface area contributed by atoms with Crippen LogP contribution in [0.2, 0.25) is 0 Å². The Kier molecular flexibility index (Phi) is 5.59. The van der Waals surface area contributed by atoms with E-state index < -0.39 is 0 Å². The maximum absolute atomic E-state index is 12.1. The van der Waals surface area contributed by atoms with Crippen LogP contribution in [0.25, 0.3) is 10.2 Å². The molecule has 2 aromatic heterocycles. The molecule has 0 unspecified atom stereocenters. The van der Waals surface area contributed by atoms with E-state index in [1.54, 1.807) is 28.6 Å². The van der Waals surface area contributed by atoms with Crippen LogP contribution in [0.1, 0.15) is 25.7 Å². The van der Waals surface area contributed by atoms with Crippen LogP contribution in [0.5, 0.6) is 5.88 Å². The number of carbonyl (C=O) groups is 1. The molecule has 1 aliphatic heterocycles. The molecule has 162 valence electrons. The summed E-state index contributed by atoms with van der Waals surface area (Å²) in [6, 6.07) is 8.62. The second-order valence-electron chi connectivity index (χ2n) is 8.14. The van der Waals surface area contributed by atoms with E-state index in [0.29, 0.717) is 30.8 Å². The van der Waals surface area contributed by atoms with E-state index in [0.717, 1.165) is 42.9 Å². The number of thiazole rings is 1. The predicted molar refractivity (Wildman–Crippen MR) is 122 cm³/mol. The third-order valence-electron chi connectivity index (χ3n) is 5.98. The lowest BCUT2D eigenvalue weighted by molar-refractivity contribution is -0.129. The lowest BCUT2D eigenvalue weighted by Gasteiger charge is -2.34. The molecule has 9 heteroatoms. The second-order valence-corrected chi connectivity index (χ2v) is 9.18. The van der Waals surface area contributed by atoms with E-state index in [1.807, 2.05) is 30.1 Å². The molecule has 31 heavy (non-hydrogen) atoms. The summed E-state index contributed by atoms with van der Waals surface area (Å²) in [5, 5.41) is 4.59. The van der Waals surface area contributed by atoms with Gasteiger partial charge in [0.25, 0.3) is 5.88 Å². The first-order chi connectivity index (χ1) is 15.2. The molecule has 1 aliphatic carbocycles. The summed E-state index contributed by atoms with van der Waals surface area (Å²) < 4.78 is 7.48. The number of benzene rings is 1. The van der Waals surface area contributed by atoms with Gasteiger partial charge in [-0.05, 0) is 37.8 Å². The van der Waals surface area contributed by atoms with Crippen molar-refractivity contribution in [2.24, 2.45) is 0 Å². The first-order valence-electron chi connectivity index (χ1n) is 10.7.